The van der Waals surface area contributed by atoms with Gasteiger partial charge in [-0.05, 0) is 29.8 Å². The van der Waals surface area contributed by atoms with Crippen molar-refractivity contribution in [1.82, 2.24) is 15.2 Å². The van der Waals surface area contributed by atoms with Gasteiger partial charge in [0.2, 0.25) is 0 Å². The summed E-state index contributed by atoms with van der Waals surface area (Å²) in [6.45, 7) is 0. The van der Waals surface area contributed by atoms with Crippen molar-refractivity contribution in [2.45, 2.75) is 6.04 Å². The first-order valence-electron chi connectivity index (χ1n) is 8.86. The van der Waals surface area contributed by atoms with Crippen LogP contribution >= 0.6 is 11.6 Å². The molecule has 3 amide bonds. The van der Waals surface area contributed by atoms with Gasteiger partial charge in [0, 0.05) is 17.1 Å². The first-order valence-corrected chi connectivity index (χ1v) is 9.24. The van der Waals surface area contributed by atoms with Gasteiger partial charge in [0.1, 0.15) is 5.70 Å². The Morgan fingerprint density at radius 2 is 1.94 bits per heavy atom. The molecule has 3 aromatic rings. The number of fused-ring (bicyclic) bond motifs is 1. The maximum atomic E-state index is 14.1. The molecule has 1 fully saturated rings. The van der Waals surface area contributed by atoms with E-state index in [1.54, 1.807) is 6.07 Å². The maximum Gasteiger partial charge on any atom is 0.331 e. The minimum absolute atomic E-state index is 0.0725. The summed E-state index contributed by atoms with van der Waals surface area (Å²) in [5.41, 5.74) is 0.828. The molecule has 1 aromatic heterocycles. The highest BCUT2D eigenvalue weighted by Crippen LogP contribution is 2.30. The predicted molar refractivity (Wildman–Crippen MR) is 108 cm³/mol. The lowest BCUT2D eigenvalue weighted by Gasteiger charge is -2.21. The number of imide groups is 1. The molecule has 0 spiro atoms. The Hall–Kier alpha value is -4.16. The van der Waals surface area contributed by atoms with Crippen LogP contribution in [0.2, 0.25) is 5.02 Å². The van der Waals surface area contributed by atoms with Crippen LogP contribution in [0.3, 0.4) is 0 Å². The number of nitriles is 1. The van der Waals surface area contributed by atoms with Crippen molar-refractivity contribution >= 4 is 46.5 Å². The van der Waals surface area contributed by atoms with Gasteiger partial charge in [-0.2, -0.15) is 5.26 Å². The third-order valence-corrected chi connectivity index (χ3v) is 5.13. The van der Waals surface area contributed by atoms with E-state index >= 15 is 0 Å². The van der Waals surface area contributed by atoms with Crippen LogP contribution in [0.5, 0.6) is 0 Å². The van der Waals surface area contributed by atoms with E-state index in [-0.39, 0.29) is 21.8 Å². The van der Waals surface area contributed by atoms with Crippen molar-refractivity contribution in [3.63, 3.8) is 0 Å². The number of hydrogen-bond donors (Lipinski definition) is 3. The summed E-state index contributed by atoms with van der Waals surface area (Å²) < 4.78 is 14.1. The average molecular weight is 439 g/mol. The zero-order valence-corrected chi connectivity index (χ0v) is 16.3. The molecular weight excluding hydrogens is 427 g/mol. The molecule has 4 rings (SSSR count). The zero-order valence-electron chi connectivity index (χ0n) is 15.5. The molecule has 1 unspecified atom stereocenters. The Morgan fingerprint density at radius 3 is 2.58 bits per heavy atom. The molecule has 0 radical (unpaired) electrons. The number of hydrogen-bond acceptors (Lipinski definition) is 4. The van der Waals surface area contributed by atoms with E-state index in [1.165, 1.54) is 42.6 Å². The standard InChI is InChI=1S/C21H12ClFN4O4/c22-14-6-5-13-12(9-25-17(13)16(14)23)7-15-19(28)27(21(31)26-15)18(20(29)30)11-3-1-10(8-24)2-4-11/h1-7,9,18,25H,(H,26,31)(H,29,30)/b15-7-. The molecule has 8 nitrogen and oxygen atoms in total. The van der Waals surface area contributed by atoms with Gasteiger partial charge in [0.25, 0.3) is 5.91 Å². The minimum atomic E-state index is -1.59. The topological polar surface area (TPSA) is 126 Å². The van der Waals surface area contributed by atoms with Crippen LogP contribution in [0.25, 0.3) is 17.0 Å². The quantitative estimate of drug-likeness (QED) is 0.424. The fraction of sp³-hybridized carbons (Fsp3) is 0.0476. The second kappa shape index (κ2) is 7.59. The summed E-state index contributed by atoms with van der Waals surface area (Å²) in [5.74, 6) is -2.93. The summed E-state index contributed by atoms with van der Waals surface area (Å²) in [4.78, 5) is 40.6. The van der Waals surface area contributed by atoms with Crippen molar-refractivity contribution in [3.05, 3.63) is 75.8 Å². The largest absolute Gasteiger partial charge is 0.479 e. The van der Waals surface area contributed by atoms with E-state index in [9.17, 15) is 23.9 Å². The highest BCUT2D eigenvalue weighted by atomic mass is 35.5. The molecule has 0 aliphatic carbocycles. The molecule has 2 heterocycles. The molecule has 1 aliphatic heterocycles. The third-order valence-electron chi connectivity index (χ3n) is 4.83. The van der Waals surface area contributed by atoms with E-state index in [2.05, 4.69) is 10.3 Å². The number of H-pyrrole nitrogens is 1. The van der Waals surface area contributed by atoms with Crippen molar-refractivity contribution in [2.75, 3.05) is 0 Å². The molecule has 1 atom stereocenters. The monoisotopic (exact) mass is 438 g/mol. The highest BCUT2D eigenvalue weighted by molar-refractivity contribution is 6.31. The number of nitrogens with one attached hydrogen (secondary N) is 2. The smallest absolute Gasteiger partial charge is 0.331 e. The molecule has 3 N–H and O–H groups in total. The second-order valence-electron chi connectivity index (χ2n) is 6.67. The van der Waals surface area contributed by atoms with E-state index in [1.807, 2.05) is 6.07 Å². The fourth-order valence-corrected chi connectivity index (χ4v) is 3.52. The number of nitrogens with zero attached hydrogens (tertiary/aromatic N) is 2. The fourth-order valence-electron chi connectivity index (χ4n) is 3.36. The van der Waals surface area contributed by atoms with Crippen molar-refractivity contribution in [2.24, 2.45) is 0 Å². The van der Waals surface area contributed by atoms with E-state index in [0.717, 1.165) is 0 Å². The normalized spacial score (nSPS) is 15.9. The van der Waals surface area contributed by atoms with Gasteiger partial charge < -0.3 is 15.4 Å². The number of carbonyl (C=O) groups excluding carboxylic acids is 2. The number of amides is 3. The van der Waals surface area contributed by atoms with E-state index in [4.69, 9.17) is 16.9 Å². The van der Waals surface area contributed by atoms with Gasteiger partial charge in [-0.25, -0.2) is 18.9 Å². The second-order valence-corrected chi connectivity index (χ2v) is 7.07. The molecule has 154 valence electrons. The summed E-state index contributed by atoms with van der Waals surface area (Å²) in [5, 5.41) is 21.3. The maximum absolute atomic E-state index is 14.1. The minimum Gasteiger partial charge on any atom is -0.479 e. The number of urea groups is 1. The summed E-state index contributed by atoms with van der Waals surface area (Å²) >= 11 is 5.77. The molecule has 1 saturated heterocycles. The molecule has 0 saturated carbocycles. The highest BCUT2D eigenvalue weighted by Gasteiger charge is 2.43. The molecule has 0 bridgehead atoms. The van der Waals surface area contributed by atoms with Crippen LogP contribution in [0.15, 0.2) is 48.3 Å². The van der Waals surface area contributed by atoms with Gasteiger partial charge >= 0.3 is 12.0 Å². The Bertz CT molecular complexity index is 1320. The lowest BCUT2D eigenvalue weighted by Crippen LogP contribution is -2.39. The van der Waals surface area contributed by atoms with E-state index in [0.29, 0.717) is 21.4 Å². The molecule has 1 aliphatic rings. The van der Waals surface area contributed by atoms with Crippen LogP contribution < -0.4 is 5.32 Å². The molecule has 31 heavy (non-hydrogen) atoms. The van der Waals surface area contributed by atoms with Crippen molar-refractivity contribution in [3.8, 4) is 6.07 Å². The Morgan fingerprint density at radius 1 is 1.23 bits per heavy atom. The first kappa shape index (κ1) is 20.1. The Kier molecular flexibility index (Phi) is 4.93. The average Bonchev–Trinajstić information content (AvgIpc) is 3.28. The van der Waals surface area contributed by atoms with Gasteiger partial charge in [-0.15, -0.1) is 0 Å². The van der Waals surface area contributed by atoms with E-state index < -0.39 is 29.8 Å². The van der Waals surface area contributed by atoms with Crippen molar-refractivity contribution in [1.29, 1.82) is 5.26 Å². The number of carbonyl (C=O) groups is 3. The zero-order chi connectivity index (χ0) is 22.3. The van der Waals surface area contributed by atoms with Gasteiger partial charge in [-0.3, -0.25) is 4.79 Å². The number of aromatic amines is 1. The summed E-state index contributed by atoms with van der Waals surface area (Å²) in [7, 11) is 0. The van der Waals surface area contributed by atoms with Crippen LogP contribution in [0.4, 0.5) is 9.18 Å². The number of benzene rings is 2. The lowest BCUT2D eigenvalue weighted by molar-refractivity contribution is -0.146. The van der Waals surface area contributed by atoms with Gasteiger partial charge in [0.05, 0.1) is 22.2 Å². The number of carboxylic acids is 1. The van der Waals surface area contributed by atoms with Gasteiger partial charge in [0.15, 0.2) is 11.9 Å². The summed E-state index contributed by atoms with van der Waals surface area (Å²) in [6, 6.07) is 7.84. The third kappa shape index (κ3) is 3.39. The van der Waals surface area contributed by atoms with Crippen LogP contribution in [-0.4, -0.2) is 32.9 Å². The number of halogens is 2. The Balaban J connectivity index is 1.72. The Labute approximate surface area is 179 Å². The van der Waals surface area contributed by atoms with Gasteiger partial charge in [-0.1, -0.05) is 29.8 Å². The van der Waals surface area contributed by atoms with Crippen LogP contribution in [0, 0.1) is 17.1 Å². The molecule has 10 heteroatoms. The number of aliphatic carboxylic acids is 1. The first-order chi connectivity index (χ1) is 14.8. The van der Waals surface area contributed by atoms with Crippen molar-refractivity contribution < 1.29 is 23.9 Å². The lowest BCUT2D eigenvalue weighted by atomic mass is 10.0. The molecule has 2 aromatic carbocycles. The number of rotatable bonds is 4. The summed E-state index contributed by atoms with van der Waals surface area (Å²) in [6.07, 6.45) is 2.76. The van der Waals surface area contributed by atoms with Crippen LogP contribution in [-0.2, 0) is 9.59 Å². The predicted octanol–water partition coefficient (Wildman–Crippen LogP) is 3.55. The number of aromatic nitrogens is 1. The molecular formula is C21H12ClFN4O4. The number of carboxylic acid groups (broad SMARTS) is 1. The van der Waals surface area contributed by atoms with Crippen LogP contribution in [0.1, 0.15) is 22.7 Å². The SMILES string of the molecule is N#Cc1ccc(C(C(=O)O)N2C(=O)N/C(=C\c3c[nH]c4c(F)c(Cl)ccc34)C2=O)cc1.